The van der Waals surface area contributed by atoms with Crippen LogP contribution in [0.2, 0.25) is 5.02 Å². The number of carbonyl (C=O) groups excluding carboxylic acids is 3. The highest BCUT2D eigenvalue weighted by molar-refractivity contribution is 6.33. The maximum absolute atomic E-state index is 13.1. The van der Waals surface area contributed by atoms with Gasteiger partial charge in [0.15, 0.2) is 12.1 Å². The second-order valence-electron chi connectivity index (χ2n) is 6.21. The molecular weight excluding hydrogens is 389 g/mol. The number of para-hydroxylation sites is 1. The van der Waals surface area contributed by atoms with E-state index in [1.54, 1.807) is 24.3 Å². The lowest BCUT2D eigenvalue weighted by Crippen LogP contribution is -2.43. The number of benzene rings is 2. The van der Waals surface area contributed by atoms with E-state index < -0.39 is 35.6 Å². The number of halogens is 2. The Balaban J connectivity index is 1.49. The molecule has 142 valence electrons. The van der Waals surface area contributed by atoms with Crippen molar-refractivity contribution in [1.29, 1.82) is 0 Å². The predicted octanol–water partition coefficient (Wildman–Crippen LogP) is 2.41. The zero-order valence-corrected chi connectivity index (χ0v) is 15.0. The van der Waals surface area contributed by atoms with Crippen molar-refractivity contribution in [2.75, 3.05) is 16.8 Å². The van der Waals surface area contributed by atoms with Gasteiger partial charge in [-0.3, -0.25) is 19.4 Å². The Kier molecular flexibility index (Phi) is 4.52. The molecule has 0 spiro atoms. The molecule has 0 aromatic heterocycles. The van der Waals surface area contributed by atoms with Crippen LogP contribution in [0.15, 0.2) is 58.9 Å². The van der Waals surface area contributed by atoms with Gasteiger partial charge in [0, 0.05) is 0 Å². The van der Waals surface area contributed by atoms with Crippen molar-refractivity contribution in [2.45, 2.75) is 12.1 Å². The van der Waals surface area contributed by atoms with E-state index in [0.717, 1.165) is 17.0 Å². The first-order chi connectivity index (χ1) is 13.5. The lowest BCUT2D eigenvalue weighted by Gasteiger charge is -2.20. The quantitative estimate of drug-likeness (QED) is 0.796. The summed E-state index contributed by atoms with van der Waals surface area (Å²) in [6.07, 6.45) is 0. The molecule has 0 bridgehead atoms. The lowest BCUT2D eigenvalue weighted by molar-refractivity contribution is -0.123. The average Bonchev–Trinajstić information content (AvgIpc) is 3.18. The lowest BCUT2D eigenvalue weighted by atomic mass is 10.1. The van der Waals surface area contributed by atoms with Crippen LogP contribution in [0.25, 0.3) is 0 Å². The van der Waals surface area contributed by atoms with Gasteiger partial charge in [-0.25, -0.2) is 9.29 Å². The molecule has 28 heavy (non-hydrogen) atoms. The smallest absolute Gasteiger partial charge is 0.263 e. The minimum absolute atomic E-state index is 0.237. The molecule has 2 aliphatic heterocycles. The number of nitrogens with zero attached hydrogens (tertiary/aromatic N) is 4. The van der Waals surface area contributed by atoms with Gasteiger partial charge in [0.2, 0.25) is 5.91 Å². The zero-order valence-electron chi connectivity index (χ0n) is 14.3. The van der Waals surface area contributed by atoms with E-state index in [2.05, 4.69) is 15.7 Å². The molecule has 2 heterocycles. The van der Waals surface area contributed by atoms with Gasteiger partial charge in [-0.15, -0.1) is 0 Å². The fourth-order valence-corrected chi connectivity index (χ4v) is 3.28. The molecule has 2 atom stereocenters. The van der Waals surface area contributed by atoms with E-state index in [4.69, 9.17) is 11.6 Å². The van der Waals surface area contributed by atoms with Gasteiger partial charge in [0.25, 0.3) is 11.8 Å². The van der Waals surface area contributed by atoms with Gasteiger partial charge in [-0.05, 0) is 36.4 Å². The first-order valence-electron chi connectivity index (χ1n) is 8.31. The summed E-state index contributed by atoms with van der Waals surface area (Å²) in [5, 5.41) is 11.8. The van der Waals surface area contributed by atoms with Crippen molar-refractivity contribution in [2.24, 2.45) is 10.3 Å². The van der Waals surface area contributed by atoms with Gasteiger partial charge in [0.05, 0.1) is 16.4 Å². The summed E-state index contributed by atoms with van der Waals surface area (Å²) in [6.45, 7) is -0.286. The SMILES string of the molecule is O=C(CN1N=N[C@H]2C(=O)N(c3ccc(F)cc3)C(=O)[C@@H]21)Nc1ccccc1Cl. The fourth-order valence-electron chi connectivity index (χ4n) is 3.10. The summed E-state index contributed by atoms with van der Waals surface area (Å²) < 4.78 is 13.1. The Morgan fingerprint density at radius 2 is 1.82 bits per heavy atom. The number of nitrogens with one attached hydrogen (secondary N) is 1. The van der Waals surface area contributed by atoms with Gasteiger partial charge >= 0.3 is 0 Å². The molecule has 4 rings (SSSR count). The van der Waals surface area contributed by atoms with Crippen molar-refractivity contribution >= 4 is 40.7 Å². The van der Waals surface area contributed by atoms with Crippen LogP contribution in [-0.4, -0.2) is 41.4 Å². The first-order valence-corrected chi connectivity index (χ1v) is 8.68. The van der Waals surface area contributed by atoms with Crippen LogP contribution >= 0.6 is 11.6 Å². The van der Waals surface area contributed by atoms with Crippen LogP contribution in [-0.2, 0) is 14.4 Å². The van der Waals surface area contributed by atoms with E-state index in [1.807, 2.05) is 0 Å². The van der Waals surface area contributed by atoms with Crippen molar-refractivity contribution in [3.05, 3.63) is 59.4 Å². The molecule has 2 aromatic carbocycles. The number of imide groups is 1. The van der Waals surface area contributed by atoms with Crippen LogP contribution in [0.3, 0.4) is 0 Å². The van der Waals surface area contributed by atoms with Gasteiger partial charge in [-0.1, -0.05) is 29.0 Å². The van der Waals surface area contributed by atoms with Gasteiger partial charge < -0.3 is 5.32 Å². The maximum atomic E-state index is 13.1. The number of carbonyl (C=O) groups is 3. The molecule has 10 heteroatoms. The molecule has 2 aliphatic rings. The third-order valence-electron chi connectivity index (χ3n) is 4.40. The minimum Gasteiger partial charge on any atom is -0.323 e. The highest BCUT2D eigenvalue weighted by atomic mass is 35.5. The highest BCUT2D eigenvalue weighted by Gasteiger charge is 2.55. The van der Waals surface area contributed by atoms with E-state index in [0.29, 0.717) is 10.7 Å². The third kappa shape index (κ3) is 3.09. The molecule has 0 saturated carbocycles. The van der Waals surface area contributed by atoms with E-state index in [9.17, 15) is 18.8 Å². The zero-order chi connectivity index (χ0) is 19.8. The summed E-state index contributed by atoms with van der Waals surface area (Å²) in [6, 6.07) is 9.62. The minimum atomic E-state index is -1.04. The molecule has 0 unspecified atom stereocenters. The monoisotopic (exact) mass is 401 g/mol. The van der Waals surface area contributed by atoms with Crippen molar-refractivity contribution in [1.82, 2.24) is 5.01 Å². The molecular formula is C18H13ClFN5O3. The second kappa shape index (κ2) is 7.01. The molecule has 8 nitrogen and oxygen atoms in total. The van der Waals surface area contributed by atoms with Crippen molar-refractivity contribution in [3.8, 4) is 0 Å². The van der Waals surface area contributed by atoms with Crippen molar-refractivity contribution < 1.29 is 18.8 Å². The average molecular weight is 402 g/mol. The van der Waals surface area contributed by atoms with Crippen molar-refractivity contribution in [3.63, 3.8) is 0 Å². The number of amides is 3. The molecule has 1 fully saturated rings. The van der Waals surface area contributed by atoms with E-state index >= 15 is 0 Å². The van der Waals surface area contributed by atoms with Crippen LogP contribution < -0.4 is 10.2 Å². The molecule has 1 N–H and O–H groups in total. The Hall–Kier alpha value is -3.33. The summed E-state index contributed by atoms with van der Waals surface area (Å²) in [4.78, 5) is 38.6. The topological polar surface area (TPSA) is 94.4 Å². The number of fused-ring (bicyclic) bond motifs is 1. The summed E-state index contributed by atoms with van der Waals surface area (Å²) in [5.41, 5.74) is 0.657. The highest BCUT2D eigenvalue weighted by Crippen LogP contribution is 2.32. The number of hydrogen-bond acceptors (Lipinski definition) is 6. The predicted molar refractivity (Wildman–Crippen MR) is 98.1 cm³/mol. The Labute approximate surface area is 163 Å². The van der Waals surface area contributed by atoms with Crippen LogP contribution in [0, 0.1) is 5.82 Å². The molecule has 2 aromatic rings. The summed E-state index contributed by atoms with van der Waals surface area (Å²) in [7, 11) is 0. The van der Waals surface area contributed by atoms with Gasteiger partial charge in [0.1, 0.15) is 12.4 Å². The Bertz CT molecular complexity index is 997. The normalized spacial score (nSPS) is 20.6. The third-order valence-corrected chi connectivity index (χ3v) is 4.73. The number of rotatable bonds is 4. The maximum Gasteiger partial charge on any atom is 0.263 e. The molecule has 1 saturated heterocycles. The Morgan fingerprint density at radius 1 is 1.11 bits per heavy atom. The number of anilines is 2. The van der Waals surface area contributed by atoms with Gasteiger partial charge in [-0.2, -0.15) is 5.11 Å². The number of hydrogen-bond donors (Lipinski definition) is 1. The second-order valence-corrected chi connectivity index (χ2v) is 6.62. The fraction of sp³-hybridized carbons (Fsp3) is 0.167. The molecule has 0 radical (unpaired) electrons. The standard InChI is InChI=1S/C18H13ClFN5O3/c19-12-3-1-2-4-13(12)21-14(26)9-24-16-15(22-23-24)17(27)25(18(16)28)11-7-5-10(20)6-8-11/h1-8,15-16H,9H2,(H,21,26)/t15-,16-/m1/s1. The van der Waals surface area contributed by atoms with Crippen LogP contribution in [0.4, 0.5) is 15.8 Å². The Morgan fingerprint density at radius 3 is 2.54 bits per heavy atom. The first kappa shape index (κ1) is 18.1. The molecule has 0 aliphatic carbocycles. The summed E-state index contributed by atoms with van der Waals surface area (Å²) in [5.74, 6) is -2.09. The summed E-state index contributed by atoms with van der Waals surface area (Å²) >= 11 is 6.01. The van der Waals surface area contributed by atoms with E-state index in [1.165, 1.54) is 17.1 Å². The van der Waals surface area contributed by atoms with E-state index in [-0.39, 0.29) is 12.2 Å². The largest absolute Gasteiger partial charge is 0.323 e. The van der Waals surface area contributed by atoms with Crippen LogP contribution in [0.1, 0.15) is 0 Å². The van der Waals surface area contributed by atoms with Crippen LogP contribution in [0.5, 0.6) is 0 Å². The molecule has 3 amide bonds.